The molecule has 1 aliphatic carbocycles. The van der Waals surface area contributed by atoms with Crippen molar-refractivity contribution in [1.29, 1.82) is 0 Å². The second-order valence-electron chi connectivity index (χ2n) is 8.31. The van der Waals surface area contributed by atoms with Gasteiger partial charge in [-0.05, 0) is 23.6 Å². The van der Waals surface area contributed by atoms with Crippen LogP contribution in [0.5, 0.6) is 0 Å². The molecule has 1 aliphatic heterocycles. The minimum Gasteiger partial charge on any atom is -0.357 e. The molecule has 0 fully saturated rings. The van der Waals surface area contributed by atoms with Crippen LogP contribution in [-0.2, 0) is 9.59 Å². The van der Waals surface area contributed by atoms with Crippen LogP contribution in [0.3, 0.4) is 0 Å². The van der Waals surface area contributed by atoms with Crippen molar-refractivity contribution < 1.29 is 27.7 Å². The number of carbonyl (C=O) groups excluding carboxylic acids is 2. The van der Waals surface area contributed by atoms with E-state index >= 15 is 0 Å². The summed E-state index contributed by atoms with van der Waals surface area (Å²) < 4.78 is 41.0. The van der Waals surface area contributed by atoms with Crippen LogP contribution in [0.25, 0.3) is 0 Å². The highest BCUT2D eigenvalue weighted by molar-refractivity contribution is 6.03. The third-order valence-electron chi connectivity index (χ3n) is 5.43. The highest BCUT2D eigenvalue weighted by Crippen LogP contribution is 2.49. The minimum absolute atomic E-state index is 0.0783. The van der Waals surface area contributed by atoms with Gasteiger partial charge < -0.3 is 5.32 Å². The van der Waals surface area contributed by atoms with Crippen LogP contribution in [0.4, 0.5) is 24.5 Å². The number of nitrogens with one attached hydrogen (secondary N) is 2. The molecular weight excluding hydrogens is 395 g/mol. The molecule has 0 bridgehead atoms. The molecule has 0 spiro atoms. The molecule has 2 aliphatic rings. The number of amides is 1. The van der Waals surface area contributed by atoms with Gasteiger partial charge in [0.15, 0.2) is 12.4 Å². The first kappa shape index (κ1) is 20.1. The number of carbonyl (C=O) groups is 2. The largest absolute Gasteiger partial charge is 0.471 e. The quantitative estimate of drug-likeness (QED) is 0.763. The summed E-state index contributed by atoms with van der Waals surface area (Å²) in [7, 11) is 0. The molecule has 30 heavy (non-hydrogen) atoms. The number of aromatic amines is 1. The van der Waals surface area contributed by atoms with Gasteiger partial charge in [-0.3, -0.25) is 14.5 Å². The van der Waals surface area contributed by atoms with E-state index in [2.05, 4.69) is 10.3 Å². The Hall–Kier alpha value is -3.16. The van der Waals surface area contributed by atoms with Gasteiger partial charge >= 0.3 is 12.1 Å². The minimum atomic E-state index is -5.10. The van der Waals surface area contributed by atoms with Gasteiger partial charge in [-0.25, -0.2) is 4.98 Å². The lowest BCUT2D eigenvalue weighted by atomic mass is 9.72. The second kappa shape index (κ2) is 6.97. The maximum Gasteiger partial charge on any atom is 0.471 e. The van der Waals surface area contributed by atoms with Crippen LogP contribution in [0.2, 0.25) is 0 Å². The number of rotatable bonds is 1. The second-order valence-corrected chi connectivity index (χ2v) is 8.31. The average Bonchev–Trinajstić information content (AvgIpc) is 2.80. The van der Waals surface area contributed by atoms with E-state index in [1.54, 1.807) is 36.5 Å². The standard InChI is InChI=1S/C22H20F3N3O2/c1-21(2)10-15-18(17(29)11-21)19(13-6-5-9-26-12-13)28(20(30)22(23,24)25)16-8-4-3-7-14(16)27-15/h3-10,12,18-19,27H,11H2,1-2H3/p+1. The number of hydrogen-bond acceptors (Lipinski definition) is 3. The molecule has 0 saturated heterocycles. The zero-order chi connectivity index (χ0) is 21.7. The van der Waals surface area contributed by atoms with Crippen molar-refractivity contribution >= 4 is 23.1 Å². The number of alkyl halides is 3. The monoisotopic (exact) mass is 416 g/mol. The highest BCUT2D eigenvalue weighted by atomic mass is 19.4. The third kappa shape index (κ3) is 3.46. The van der Waals surface area contributed by atoms with E-state index in [0.717, 1.165) is 0 Å². The van der Waals surface area contributed by atoms with Gasteiger partial charge in [-0.1, -0.05) is 32.1 Å². The Morgan fingerprint density at radius 2 is 1.93 bits per heavy atom. The molecule has 1 aromatic carbocycles. The zero-order valence-corrected chi connectivity index (χ0v) is 16.5. The van der Waals surface area contributed by atoms with Crippen LogP contribution >= 0.6 is 0 Å². The molecule has 2 atom stereocenters. The van der Waals surface area contributed by atoms with Crippen LogP contribution in [-0.4, -0.2) is 17.9 Å². The van der Waals surface area contributed by atoms with Crippen LogP contribution in [0.1, 0.15) is 31.9 Å². The molecule has 2 N–H and O–H groups in total. The van der Waals surface area contributed by atoms with E-state index in [1.807, 2.05) is 19.9 Å². The average molecular weight is 416 g/mol. The Bertz CT molecular complexity index is 1030. The highest BCUT2D eigenvalue weighted by Gasteiger charge is 2.52. The van der Waals surface area contributed by atoms with Gasteiger partial charge in [0.05, 0.1) is 23.3 Å². The van der Waals surface area contributed by atoms with E-state index in [9.17, 15) is 22.8 Å². The number of Topliss-reactive ketones (excluding diaryl/α,β-unsaturated/α-hetero) is 1. The van der Waals surface area contributed by atoms with Crippen molar-refractivity contribution in [1.82, 2.24) is 0 Å². The van der Waals surface area contributed by atoms with E-state index in [-0.39, 0.29) is 17.9 Å². The summed E-state index contributed by atoms with van der Waals surface area (Å²) in [5, 5.41) is 3.15. The number of para-hydroxylation sites is 2. The van der Waals surface area contributed by atoms with Gasteiger partial charge in [-0.2, -0.15) is 13.2 Å². The number of aromatic nitrogens is 1. The fraction of sp³-hybridized carbons (Fsp3) is 0.318. The van der Waals surface area contributed by atoms with E-state index in [4.69, 9.17) is 0 Å². The Balaban J connectivity index is 2.02. The first-order valence-corrected chi connectivity index (χ1v) is 9.56. The van der Waals surface area contributed by atoms with Crippen LogP contribution in [0, 0.1) is 11.3 Å². The number of H-pyrrole nitrogens is 1. The smallest absolute Gasteiger partial charge is 0.357 e. The van der Waals surface area contributed by atoms with Crippen molar-refractivity contribution in [3.05, 3.63) is 66.1 Å². The molecule has 0 saturated carbocycles. The van der Waals surface area contributed by atoms with Crippen molar-refractivity contribution in [2.75, 3.05) is 10.2 Å². The fourth-order valence-corrected chi connectivity index (χ4v) is 4.30. The summed E-state index contributed by atoms with van der Waals surface area (Å²) >= 11 is 0. The lowest BCUT2D eigenvalue weighted by Gasteiger charge is -2.38. The van der Waals surface area contributed by atoms with Crippen LogP contribution in [0.15, 0.2) is 60.6 Å². The SMILES string of the molecule is CC1(C)C=C2Nc3ccccc3N(C(=O)C(F)(F)F)C(c3ccc[nH+]c3)C2C(=O)C1. The van der Waals surface area contributed by atoms with Gasteiger partial charge in [0.2, 0.25) is 0 Å². The molecule has 8 heteroatoms. The zero-order valence-electron chi connectivity index (χ0n) is 16.5. The predicted octanol–water partition coefficient (Wildman–Crippen LogP) is 4.06. The van der Waals surface area contributed by atoms with Crippen molar-refractivity contribution in [3.8, 4) is 0 Å². The van der Waals surface area contributed by atoms with Gasteiger partial charge in [-0.15, -0.1) is 0 Å². The Labute approximate surface area is 171 Å². The van der Waals surface area contributed by atoms with Gasteiger partial charge in [0.25, 0.3) is 0 Å². The van der Waals surface area contributed by atoms with E-state index < -0.39 is 29.5 Å². The Morgan fingerprint density at radius 1 is 1.20 bits per heavy atom. The maximum absolute atomic E-state index is 13.7. The molecule has 2 unspecified atom stereocenters. The summed E-state index contributed by atoms with van der Waals surface area (Å²) in [5.74, 6) is -3.18. The first-order chi connectivity index (χ1) is 14.1. The number of pyridine rings is 1. The summed E-state index contributed by atoms with van der Waals surface area (Å²) in [6, 6.07) is 8.41. The first-order valence-electron chi connectivity index (χ1n) is 9.56. The Kier molecular flexibility index (Phi) is 4.67. The van der Waals surface area contributed by atoms with Crippen LogP contribution < -0.4 is 15.2 Å². The predicted molar refractivity (Wildman–Crippen MR) is 104 cm³/mol. The molecule has 4 rings (SSSR count). The number of allylic oxidation sites excluding steroid dienone is 1. The van der Waals surface area contributed by atoms with Crippen molar-refractivity contribution in [3.63, 3.8) is 0 Å². The van der Waals surface area contributed by atoms with Crippen molar-refractivity contribution in [2.45, 2.75) is 32.5 Å². The van der Waals surface area contributed by atoms with Crippen molar-refractivity contribution in [2.24, 2.45) is 11.3 Å². The summed E-state index contributed by atoms with van der Waals surface area (Å²) in [4.78, 5) is 29.5. The number of anilines is 2. The number of benzene rings is 1. The summed E-state index contributed by atoms with van der Waals surface area (Å²) in [6.45, 7) is 3.80. The van der Waals surface area contributed by atoms with E-state index in [0.29, 0.717) is 21.8 Å². The lowest BCUT2D eigenvalue weighted by molar-refractivity contribution is -0.378. The summed E-state index contributed by atoms with van der Waals surface area (Å²) in [5.41, 5.74) is 0.892. The number of nitrogens with zero attached hydrogens (tertiary/aromatic N) is 1. The molecule has 1 aromatic heterocycles. The lowest BCUT2D eigenvalue weighted by Crippen LogP contribution is -2.48. The molecule has 2 aromatic rings. The summed E-state index contributed by atoms with van der Waals surface area (Å²) in [6.07, 6.45) is 0.0944. The number of ketones is 1. The van der Waals surface area contributed by atoms with Gasteiger partial charge in [0, 0.05) is 23.7 Å². The molecule has 5 nitrogen and oxygen atoms in total. The molecule has 1 amide bonds. The molecular formula is C22H21F3N3O2+. The molecule has 2 heterocycles. The van der Waals surface area contributed by atoms with E-state index in [1.165, 1.54) is 12.3 Å². The fourth-order valence-electron chi connectivity index (χ4n) is 4.30. The molecule has 156 valence electrons. The Morgan fingerprint density at radius 3 is 2.60 bits per heavy atom. The maximum atomic E-state index is 13.7. The number of hydrogen-bond donors (Lipinski definition) is 1. The number of fused-ring (bicyclic) bond motifs is 2. The van der Waals surface area contributed by atoms with Gasteiger partial charge in [0.1, 0.15) is 5.78 Å². The topological polar surface area (TPSA) is 63.6 Å². The molecule has 0 radical (unpaired) electrons. The number of halogens is 3. The normalized spacial score (nSPS) is 22.9. The third-order valence-corrected chi connectivity index (χ3v) is 5.43.